The molecule has 3 heteroatoms. The van der Waals surface area contributed by atoms with Crippen LogP contribution in [0, 0.1) is 5.92 Å². The van der Waals surface area contributed by atoms with Gasteiger partial charge in [-0.25, -0.2) is 4.37 Å². The third-order valence-electron chi connectivity index (χ3n) is 3.07. The van der Waals surface area contributed by atoms with E-state index in [1.54, 1.807) is 6.20 Å². The predicted octanol–water partition coefficient (Wildman–Crippen LogP) is 2.54. The summed E-state index contributed by atoms with van der Waals surface area (Å²) < 4.78 is 4.04. The molecule has 0 amide bonds. The van der Waals surface area contributed by atoms with Crippen LogP contribution in [0.5, 0.6) is 0 Å². The first-order chi connectivity index (χ1) is 6.21. The van der Waals surface area contributed by atoms with E-state index in [1.807, 2.05) is 5.38 Å². The molecule has 1 aliphatic rings. The molecule has 0 spiro atoms. The van der Waals surface area contributed by atoms with Crippen LogP contribution in [-0.4, -0.2) is 9.48 Å². The Morgan fingerprint density at radius 2 is 2.23 bits per heavy atom. The summed E-state index contributed by atoms with van der Waals surface area (Å²) in [6.07, 6.45) is 5.86. The fourth-order valence-corrected chi connectivity index (χ4v) is 2.59. The van der Waals surface area contributed by atoms with Crippen LogP contribution in [0.25, 0.3) is 0 Å². The first-order valence-corrected chi connectivity index (χ1v) is 5.66. The molecule has 1 aromatic rings. The van der Waals surface area contributed by atoms with Gasteiger partial charge < -0.3 is 5.11 Å². The van der Waals surface area contributed by atoms with E-state index in [2.05, 4.69) is 11.3 Å². The summed E-state index contributed by atoms with van der Waals surface area (Å²) in [6.45, 7) is 2.26. The molecule has 0 atom stereocenters. The normalized spacial score (nSPS) is 34.8. The Kier molecular flexibility index (Phi) is 2.39. The van der Waals surface area contributed by atoms with Crippen LogP contribution in [0.2, 0.25) is 0 Å². The van der Waals surface area contributed by atoms with Crippen LogP contribution in [0.4, 0.5) is 0 Å². The first kappa shape index (κ1) is 9.16. The number of hydrogen-bond donors (Lipinski definition) is 1. The van der Waals surface area contributed by atoms with Crippen molar-refractivity contribution in [3.8, 4) is 0 Å². The van der Waals surface area contributed by atoms with Crippen molar-refractivity contribution in [2.24, 2.45) is 5.92 Å². The van der Waals surface area contributed by atoms with Crippen molar-refractivity contribution in [3.63, 3.8) is 0 Å². The molecular weight excluding hydrogens is 182 g/mol. The lowest BCUT2D eigenvalue weighted by molar-refractivity contribution is -0.0118. The minimum Gasteiger partial charge on any atom is -0.385 e. The van der Waals surface area contributed by atoms with Gasteiger partial charge in [-0.3, -0.25) is 0 Å². The van der Waals surface area contributed by atoms with E-state index < -0.39 is 5.60 Å². The Labute approximate surface area is 82.8 Å². The summed E-state index contributed by atoms with van der Waals surface area (Å²) in [5.41, 5.74) is 0.448. The van der Waals surface area contributed by atoms with Gasteiger partial charge in [0, 0.05) is 17.1 Å². The largest absolute Gasteiger partial charge is 0.385 e. The molecule has 2 nitrogen and oxygen atoms in total. The molecule has 0 bridgehead atoms. The van der Waals surface area contributed by atoms with Crippen molar-refractivity contribution in [1.82, 2.24) is 4.37 Å². The van der Waals surface area contributed by atoms with Crippen molar-refractivity contribution in [1.29, 1.82) is 0 Å². The lowest BCUT2D eigenvalue weighted by Gasteiger charge is -2.34. The van der Waals surface area contributed by atoms with E-state index in [-0.39, 0.29) is 0 Å². The quantitative estimate of drug-likeness (QED) is 0.750. The van der Waals surface area contributed by atoms with E-state index in [4.69, 9.17) is 0 Å². The van der Waals surface area contributed by atoms with Crippen molar-refractivity contribution < 1.29 is 5.11 Å². The molecule has 0 radical (unpaired) electrons. The van der Waals surface area contributed by atoms with Gasteiger partial charge in [0.1, 0.15) is 0 Å². The summed E-state index contributed by atoms with van der Waals surface area (Å²) in [7, 11) is 0. The highest BCUT2D eigenvalue weighted by Crippen LogP contribution is 2.39. The highest BCUT2D eigenvalue weighted by molar-refractivity contribution is 7.03. The highest BCUT2D eigenvalue weighted by atomic mass is 32.1. The first-order valence-electron chi connectivity index (χ1n) is 4.83. The van der Waals surface area contributed by atoms with E-state index in [9.17, 15) is 5.11 Å². The number of aromatic nitrogens is 1. The Morgan fingerprint density at radius 1 is 1.54 bits per heavy atom. The number of nitrogens with zero attached hydrogens (tertiary/aromatic N) is 1. The van der Waals surface area contributed by atoms with Gasteiger partial charge in [-0.15, -0.1) is 0 Å². The lowest BCUT2D eigenvalue weighted by Crippen LogP contribution is -2.30. The molecule has 1 heterocycles. The third-order valence-corrected chi connectivity index (χ3v) is 3.66. The van der Waals surface area contributed by atoms with Gasteiger partial charge in [-0.1, -0.05) is 6.92 Å². The predicted molar refractivity (Wildman–Crippen MR) is 53.6 cm³/mol. The third kappa shape index (κ3) is 1.76. The molecule has 2 rings (SSSR count). The Hall–Kier alpha value is -0.410. The minimum atomic E-state index is -0.570. The Bertz CT molecular complexity index is 262. The minimum absolute atomic E-state index is 0.570. The maximum atomic E-state index is 10.3. The second kappa shape index (κ2) is 3.39. The molecule has 0 aromatic carbocycles. The monoisotopic (exact) mass is 197 g/mol. The standard InChI is InChI=1S/C10H15NOS/c1-8-2-4-10(12,5-3-8)9-6-11-13-7-9/h6-8,12H,2-5H2,1H3. The smallest absolute Gasteiger partial charge is 0.0920 e. The maximum Gasteiger partial charge on any atom is 0.0920 e. The molecule has 1 saturated carbocycles. The summed E-state index contributed by atoms with van der Waals surface area (Å²) >= 11 is 1.42. The fraction of sp³-hybridized carbons (Fsp3) is 0.700. The molecule has 1 fully saturated rings. The van der Waals surface area contributed by atoms with E-state index in [0.29, 0.717) is 0 Å². The van der Waals surface area contributed by atoms with Crippen LogP contribution < -0.4 is 0 Å². The molecule has 0 aliphatic heterocycles. The second-order valence-corrected chi connectivity index (χ2v) is 4.78. The van der Waals surface area contributed by atoms with Gasteiger partial charge in [0.2, 0.25) is 0 Å². The van der Waals surface area contributed by atoms with Crippen LogP contribution in [0.15, 0.2) is 11.6 Å². The summed E-state index contributed by atoms with van der Waals surface area (Å²) in [5.74, 6) is 0.770. The Balaban J connectivity index is 2.13. The summed E-state index contributed by atoms with van der Waals surface area (Å²) in [5, 5.41) is 12.3. The van der Waals surface area contributed by atoms with Gasteiger partial charge >= 0.3 is 0 Å². The lowest BCUT2D eigenvalue weighted by atomic mass is 9.77. The zero-order valence-electron chi connectivity index (χ0n) is 7.86. The Morgan fingerprint density at radius 3 is 2.77 bits per heavy atom. The average Bonchev–Trinajstić information content (AvgIpc) is 2.63. The summed E-state index contributed by atoms with van der Waals surface area (Å²) in [4.78, 5) is 0. The number of aliphatic hydroxyl groups is 1. The molecule has 0 unspecified atom stereocenters. The topological polar surface area (TPSA) is 33.1 Å². The van der Waals surface area contributed by atoms with Gasteiger partial charge in [0.05, 0.1) is 5.60 Å². The van der Waals surface area contributed by atoms with Crippen LogP contribution in [0.3, 0.4) is 0 Å². The van der Waals surface area contributed by atoms with Crippen LogP contribution in [0.1, 0.15) is 38.2 Å². The number of hydrogen-bond acceptors (Lipinski definition) is 3. The van der Waals surface area contributed by atoms with Crippen LogP contribution >= 0.6 is 11.5 Å². The molecule has 13 heavy (non-hydrogen) atoms. The van der Waals surface area contributed by atoms with Crippen LogP contribution in [-0.2, 0) is 5.60 Å². The van der Waals surface area contributed by atoms with Gasteiger partial charge in [-0.2, -0.15) is 0 Å². The highest BCUT2D eigenvalue weighted by Gasteiger charge is 2.33. The molecule has 1 N–H and O–H groups in total. The zero-order valence-corrected chi connectivity index (χ0v) is 8.68. The average molecular weight is 197 g/mol. The molecule has 1 aromatic heterocycles. The zero-order chi connectivity index (χ0) is 9.31. The summed E-state index contributed by atoms with van der Waals surface area (Å²) in [6, 6.07) is 0. The fourth-order valence-electron chi connectivity index (χ4n) is 1.96. The van der Waals surface area contributed by atoms with Crippen molar-refractivity contribution >= 4 is 11.5 Å². The van der Waals surface area contributed by atoms with Gasteiger partial charge in [0.25, 0.3) is 0 Å². The van der Waals surface area contributed by atoms with Gasteiger partial charge in [-0.05, 0) is 43.1 Å². The molecular formula is C10H15NOS. The second-order valence-electron chi connectivity index (χ2n) is 4.13. The number of rotatable bonds is 1. The molecule has 0 saturated heterocycles. The molecule has 1 aliphatic carbocycles. The van der Waals surface area contributed by atoms with E-state index >= 15 is 0 Å². The van der Waals surface area contributed by atoms with E-state index in [0.717, 1.165) is 37.2 Å². The maximum absolute atomic E-state index is 10.3. The van der Waals surface area contributed by atoms with Crippen molar-refractivity contribution in [3.05, 3.63) is 17.1 Å². The van der Waals surface area contributed by atoms with Gasteiger partial charge in [0.15, 0.2) is 0 Å². The van der Waals surface area contributed by atoms with Crippen molar-refractivity contribution in [2.75, 3.05) is 0 Å². The SMILES string of the molecule is CC1CCC(O)(c2cnsc2)CC1. The van der Waals surface area contributed by atoms with Crippen molar-refractivity contribution in [2.45, 2.75) is 38.2 Å². The van der Waals surface area contributed by atoms with E-state index in [1.165, 1.54) is 11.5 Å². The molecule has 72 valence electrons.